The van der Waals surface area contributed by atoms with E-state index in [1.807, 2.05) is 6.92 Å². The molecule has 0 aliphatic carbocycles. The highest BCUT2D eigenvalue weighted by molar-refractivity contribution is 7.89. The molecule has 0 fully saturated rings. The number of carbonyl (C=O) groups excluding carboxylic acids is 1. The van der Waals surface area contributed by atoms with Crippen LogP contribution in [0.25, 0.3) is 0 Å². The lowest BCUT2D eigenvalue weighted by molar-refractivity contribution is 0.0563. The van der Waals surface area contributed by atoms with Crippen molar-refractivity contribution in [2.24, 2.45) is 11.8 Å². The monoisotopic (exact) mass is 513 g/mol. The predicted molar refractivity (Wildman–Crippen MR) is 138 cm³/mol. The molecule has 0 radical (unpaired) electrons. The summed E-state index contributed by atoms with van der Waals surface area (Å²) in [4.78, 5) is 18.5. The second-order valence-electron chi connectivity index (χ2n) is 9.72. The first kappa shape index (κ1) is 27.7. The normalized spacial score (nSPS) is 20.2. The van der Waals surface area contributed by atoms with Crippen LogP contribution in [0.5, 0.6) is 5.75 Å². The van der Waals surface area contributed by atoms with E-state index in [9.17, 15) is 18.3 Å². The molecule has 1 aliphatic heterocycles. The number of sulfonamides is 1. The van der Waals surface area contributed by atoms with E-state index in [1.54, 1.807) is 55.5 Å². The fraction of sp³-hybridized carbons (Fsp3) is 0.481. The van der Waals surface area contributed by atoms with Crippen molar-refractivity contribution < 1.29 is 23.1 Å². The average molecular weight is 514 g/mol. The van der Waals surface area contributed by atoms with E-state index in [2.05, 4.69) is 30.7 Å². The van der Waals surface area contributed by atoms with Crippen molar-refractivity contribution in [1.29, 1.82) is 0 Å². The maximum Gasteiger partial charge on any atom is 0.253 e. The van der Waals surface area contributed by atoms with E-state index in [0.29, 0.717) is 17.0 Å². The highest BCUT2D eigenvalue weighted by Gasteiger charge is 2.38. The van der Waals surface area contributed by atoms with Gasteiger partial charge in [0.15, 0.2) is 0 Å². The van der Waals surface area contributed by atoms with Crippen molar-refractivity contribution in [3.05, 3.63) is 53.9 Å². The van der Waals surface area contributed by atoms with Crippen LogP contribution in [-0.4, -0.2) is 72.5 Å². The summed E-state index contributed by atoms with van der Waals surface area (Å²) in [6, 6.07) is 7.52. The third-order valence-electron chi connectivity index (χ3n) is 6.14. The Morgan fingerprint density at radius 2 is 1.94 bits per heavy atom. The fourth-order valence-corrected chi connectivity index (χ4v) is 5.77. The van der Waals surface area contributed by atoms with Gasteiger partial charge in [-0.25, -0.2) is 8.42 Å². The lowest BCUT2D eigenvalue weighted by Crippen LogP contribution is -2.50. The zero-order chi connectivity index (χ0) is 26.5. The average Bonchev–Trinajstić information content (AvgIpc) is 2.85. The molecule has 3 atom stereocenters. The first-order valence-corrected chi connectivity index (χ1v) is 13.6. The van der Waals surface area contributed by atoms with Crippen molar-refractivity contribution in [2.75, 3.05) is 26.7 Å². The van der Waals surface area contributed by atoms with Gasteiger partial charge in [-0.3, -0.25) is 9.78 Å². The number of pyridine rings is 1. The van der Waals surface area contributed by atoms with E-state index in [1.165, 1.54) is 10.4 Å². The number of aliphatic hydroxyl groups is 1. The Hall–Kier alpha value is -2.93. The van der Waals surface area contributed by atoms with Crippen LogP contribution in [0.4, 0.5) is 0 Å². The highest BCUT2D eigenvalue weighted by atomic mass is 32.2. The van der Waals surface area contributed by atoms with E-state index in [-0.39, 0.29) is 42.2 Å². The Morgan fingerprint density at radius 1 is 1.25 bits per heavy atom. The molecule has 9 heteroatoms. The number of nitrogens with zero attached hydrogens (tertiary/aromatic N) is 3. The van der Waals surface area contributed by atoms with Gasteiger partial charge in [-0.15, -0.1) is 0 Å². The summed E-state index contributed by atoms with van der Waals surface area (Å²) in [6.07, 6.45) is 3.35. The first-order chi connectivity index (χ1) is 17.0. The van der Waals surface area contributed by atoms with Gasteiger partial charge in [-0.1, -0.05) is 32.6 Å². The van der Waals surface area contributed by atoms with E-state index < -0.39 is 22.2 Å². The van der Waals surface area contributed by atoms with Crippen LogP contribution in [0.2, 0.25) is 0 Å². The smallest absolute Gasteiger partial charge is 0.253 e. The third kappa shape index (κ3) is 6.44. The largest absolute Gasteiger partial charge is 0.487 e. The molecule has 0 bridgehead atoms. The highest BCUT2D eigenvalue weighted by Crippen LogP contribution is 2.34. The standard InChI is InChI=1S/C27H35N3O5S/c1-19(2)7-6-8-22-9-10-26-24(15-22)35-25(17-29(5)27(32)23-11-13-28-14-12-23)20(3)16-30(21(4)18-31)36(26,33)34/h9-15,19-21,25,31H,7,16-18H2,1-5H3/t20-,21+,25-/m0/s1. The molecule has 1 amide bonds. The summed E-state index contributed by atoms with van der Waals surface area (Å²) in [7, 11) is -2.24. The Kier molecular flexibility index (Phi) is 9.12. The van der Waals surface area contributed by atoms with Gasteiger partial charge < -0.3 is 14.7 Å². The quantitative estimate of drug-likeness (QED) is 0.596. The van der Waals surface area contributed by atoms with E-state index in [0.717, 1.165) is 6.42 Å². The van der Waals surface area contributed by atoms with Crippen molar-refractivity contribution in [1.82, 2.24) is 14.2 Å². The summed E-state index contributed by atoms with van der Waals surface area (Å²) in [5, 5.41) is 9.80. The maximum atomic E-state index is 13.6. The number of hydrogen-bond donors (Lipinski definition) is 1. The van der Waals surface area contributed by atoms with Crippen LogP contribution in [-0.2, 0) is 10.0 Å². The van der Waals surface area contributed by atoms with Gasteiger partial charge in [-0.2, -0.15) is 4.31 Å². The minimum Gasteiger partial charge on any atom is -0.487 e. The van der Waals surface area contributed by atoms with Gasteiger partial charge in [0.1, 0.15) is 16.7 Å². The van der Waals surface area contributed by atoms with Crippen molar-refractivity contribution in [3.8, 4) is 17.6 Å². The van der Waals surface area contributed by atoms with Crippen LogP contribution in [0.3, 0.4) is 0 Å². The van der Waals surface area contributed by atoms with Gasteiger partial charge >= 0.3 is 0 Å². The summed E-state index contributed by atoms with van der Waals surface area (Å²) in [5.74, 6) is 6.38. The predicted octanol–water partition coefficient (Wildman–Crippen LogP) is 3.02. The zero-order valence-electron chi connectivity index (χ0n) is 21.5. The van der Waals surface area contributed by atoms with Gasteiger partial charge in [-0.05, 0) is 43.2 Å². The summed E-state index contributed by atoms with van der Waals surface area (Å²) in [5.41, 5.74) is 1.16. The minimum atomic E-state index is -3.94. The first-order valence-electron chi connectivity index (χ1n) is 12.1. The second kappa shape index (κ2) is 11.9. The number of aliphatic hydroxyl groups excluding tert-OH is 1. The Labute approximate surface area is 214 Å². The Balaban J connectivity index is 2.00. The topological polar surface area (TPSA) is 100 Å². The molecule has 1 aromatic heterocycles. The molecule has 1 aromatic carbocycles. The summed E-state index contributed by atoms with van der Waals surface area (Å²) in [6.45, 7) is 7.79. The molecule has 8 nitrogen and oxygen atoms in total. The zero-order valence-corrected chi connectivity index (χ0v) is 22.3. The number of likely N-dealkylation sites (N-methyl/N-ethyl adjacent to an activating group) is 1. The number of ether oxygens (including phenoxy) is 1. The van der Waals surface area contributed by atoms with Crippen LogP contribution < -0.4 is 4.74 Å². The van der Waals surface area contributed by atoms with Gasteiger partial charge in [0, 0.05) is 55.5 Å². The molecule has 2 aromatic rings. The van der Waals surface area contributed by atoms with Gasteiger partial charge in [0.25, 0.3) is 5.91 Å². The van der Waals surface area contributed by atoms with Gasteiger partial charge in [0.2, 0.25) is 10.0 Å². The lowest BCUT2D eigenvalue weighted by atomic mass is 10.0. The number of aromatic nitrogens is 1. The lowest BCUT2D eigenvalue weighted by Gasteiger charge is -2.37. The van der Waals surface area contributed by atoms with E-state index in [4.69, 9.17) is 4.74 Å². The molecule has 36 heavy (non-hydrogen) atoms. The van der Waals surface area contributed by atoms with Crippen LogP contribution in [0.15, 0.2) is 47.6 Å². The van der Waals surface area contributed by atoms with Crippen LogP contribution in [0, 0.1) is 23.7 Å². The fourth-order valence-electron chi connectivity index (χ4n) is 3.95. The molecule has 2 heterocycles. The summed E-state index contributed by atoms with van der Waals surface area (Å²) >= 11 is 0. The summed E-state index contributed by atoms with van der Waals surface area (Å²) < 4.78 is 34.8. The third-order valence-corrected chi connectivity index (χ3v) is 8.16. The molecule has 1 N–H and O–H groups in total. The van der Waals surface area contributed by atoms with Crippen LogP contribution in [0.1, 0.15) is 50.0 Å². The number of amides is 1. The molecule has 0 spiro atoms. The van der Waals surface area contributed by atoms with Crippen molar-refractivity contribution in [3.63, 3.8) is 0 Å². The SMILES string of the molecule is CC(C)CC#Cc1ccc2c(c1)O[C@@H](CN(C)C(=O)c1ccncc1)[C@@H](C)CN([C@H](C)CO)S2(=O)=O. The number of hydrogen-bond acceptors (Lipinski definition) is 6. The molecule has 3 rings (SSSR count). The number of benzene rings is 1. The van der Waals surface area contributed by atoms with Gasteiger partial charge in [0.05, 0.1) is 13.2 Å². The van der Waals surface area contributed by atoms with Crippen LogP contribution >= 0.6 is 0 Å². The molecule has 0 unspecified atom stereocenters. The van der Waals surface area contributed by atoms with Crippen molar-refractivity contribution in [2.45, 2.75) is 51.2 Å². The Morgan fingerprint density at radius 3 is 2.58 bits per heavy atom. The molecular weight excluding hydrogens is 478 g/mol. The Bertz CT molecular complexity index is 1220. The van der Waals surface area contributed by atoms with Crippen molar-refractivity contribution >= 4 is 15.9 Å². The maximum absolute atomic E-state index is 13.6. The molecule has 0 saturated carbocycles. The molecule has 0 saturated heterocycles. The molecule has 1 aliphatic rings. The number of rotatable bonds is 6. The number of fused-ring (bicyclic) bond motifs is 1. The second-order valence-corrected chi connectivity index (χ2v) is 11.6. The molecule has 194 valence electrons. The molecular formula is C27H35N3O5S. The van der Waals surface area contributed by atoms with E-state index >= 15 is 0 Å². The minimum absolute atomic E-state index is 0.0252. The number of carbonyl (C=O) groups is 1.